The van der Waals surface area contributed by atoms with Crippen molar-refractivity contribution in [2.45, 2.75) is 52.3 Å². The number of nitrogens with zero attached hydrogens (tertiary/aromatic N) is 1. The Bertz CT molecular complexity index is 309. The van der Waals surface area contributed by atoms with Crippen molar-refractivity contribution in [3.8, 4) is 0 Å². The van der Waals surface area contributed by atoms with Crippen molar-refractivity contribution in [2.24, 2.45) is 5.41 Å². The number of aromatic nitrogens is 1. The molecule has 0 aromatic carbocycles. The summed E-state index contributed by atoms with van der Waals surface area (Å²) in [5.74, 6) is 0. The topological polar surface area (TPSA) is 12.9 Å². The summed E-state index contributed by atoms with van der Waals surface area (Å²) in [5.41, 5.74) is 1.53. The first-order valence-corrected chi connectivity index (χ1v) is 7.10. The van der Waals surface area contributed by atoms with E-state index in [1.54, 1.807) is 0 Å². The van der Waals surface area contributed by atoms with Crippen LogP contribution in [0.4, 0.5) is 0 Å². The average Bonchev–Trinajstić information content (AvgIpc) is 2.25. The molecule has 0 radical (unpaired) electrons. The summed E-state index contributed by atoms with van der Waals surface area (Å²) in [6.07, 6.45) is 2.27. The number of hydrogen-bond donors (Lipinski definition) is 0. The quantitative estimate of drug-likeness (QED) is 0.744. The first-order chi connectivity index (χ1) is 6.80. The molecule has 1 nitrogen and oxygen atoms in total. The van der Waals surface area contributed by atoms with Gasteiger partial charge >= 0.3 is 0 Å². The second-order valence-corrected chi connectivity index (χ2v) is 7.93. The highest BCUT2D eigenvalue weighted by atomic mass is 79.9. The van der Waals surface area contributed by atoms with Gasteiger partial charge in [0.1, 0.15) is 0 Å². The van der Waals surface area contributed by atoms with Crippen LogP contribution in [-0.2, 0) is 6.42 Å². The highest BCUT2D eigenvalue weighted by molar-refractivity contribution is 9.09. The van der Waals surface area contributed by atoms with E-state index in [4.69, 9.17) is 0 Å². The number of alkyl halides is 1. The van der Waals surface area contributed by atoms with E-state index in [0.29, 0.717) is 10.2 Å². The van der Waals surface area contributed by atoms with Crippen LogP contribution in [0.25, 0.3) is 0 Å². The van der Waals surface area contributed by atoms with Crippen LogP contribution in [0.15, 0.2) is 0 Å². The number of hydrogen-bond acceptors (Lipinski definition) is 2. The molecule has 15 heavy (non-hydrogen) atoms. The molecule has 86 valence electrons. The molecular weight excluding hydrogens is 270 g/mol. The van der Waals surface area contributed by atoms with Gasteiger partial charge in [0, 0.05) is 16.1 Å². The summed E-state index contributed by atoms with van der Waals surface area (Å²) in [6, 6.07) is 0. The van der Waals surface area contributed by atoms with Crippen molar-refractivity contribution < 1.29 is 0 Å². The van der Waals surface area contributed by atoms with Gasteiger partial charge in [-0.15, -0.1) is 11.3 Å². The van der Waals surface area contributed by atoms with Gasteiger partial charge in [0.05, 0.1) is 10.7 Å². The van der Waals surface area contributed by atoms with Crippen LogP contribution in [0.1, 0.15) is 42.8 Å². The van der Waals surface area contributed by atoms with Crippen molar-refractivity contribution in [3.05, 3.63) is 15.6 Å². The molecule has 1 unspecified atom stereocenters. The molecule has 0 aliphatic heterocycles. The molecule has 0 bridgehead atoms. The zero-order valence-corrected chi connectivity index (χ0v) is 12.6. The Morgan fingerprint density at radius 1 is 1.40 bits per heavy atom. The van der Waals surface area contributed by atoms with E-state index >= 15 is 0 Å². The van der Waals surface area contributed by atoms with Crippen LogP contribution in [0.5, 0.6) is 0 Å². The van der Waals surface area contributed by atoms with Crippen molar-refractivity contribution in [1.82, 2.24) is 4.98 Å². The van der Waals surface area contributed by atoms with E-state index in [2.05, 4.69) is 55.5 Å². The third-order valence-electron chi connectivity index (χ3n) is 2.54. The minimum absolute atomic E-state index is 0.333. The molecule has 0 fully saturated rings. The van der Waals surface area contributed by atoms with Crippen LogP contribution >= 0.6 is 27.3 Å². The molecule has 1 heterocycles. The molecule has 0 saturated heterocycles. The fourth-order valence-corrected chi connectivity index (χ4v) is 3.93. The zero-order valence-electron chi connectivity index (χ0n) is 10.2. The lowest BCUT2D eigenvalue weighted by Gasteiger charge is -2.24. The summed E-state index contributed by atoms with van der Waals surface area (Å²) < 4.78 is 0. The zero-order chi connectivity index (χ0) is 11.6. The number of aryl methyl sites for hydroxylation is 2. The van der Waals surface area contributed by atoms with Gasteiger partial charge in [-0.25, -0.2) is 4.98 Å². The summed E-state index contributed by atoms with van der Waals surface area (Å²) in [5, 5.41) is 1.28. The second-order valence-electron chi connectivity index (χ2n) is 5.08. The highest BCUT2D eigenvalue weighted by Crippen LogP contribution is 2.31. The van der Waals surface area contributed by atoms with Crippen molar-refractivity contribution in [1.29, 1.82) is 0 Å². The molecule has 0 N–H and O–H groups in total. The first-order valence-electron chi connectivity index (χ1n) is 5.37. The Morgan fingerprint density at radius 3 is 2.40 bits per heavy atom. The van der Waals surface area contributed by atoms with Gasteiger partial charge in [0.15, 0.2) is 0 Å². The van der Waals surface area contributed by atoms with Crippen LogP contribution in [0.3, 0.4) is 0 Å². The van der Waals surface area contributed by atoms with E-state index in [-0.39, 0.29) is 0 Å². The normalized spacial score (nSPS) is 14.3. The summed E-state index contributed by atoms with van der Waals surface area (Å²) in [4.78, 5) is 6.54. The van der Waals surface area contributed by atoms with Crippen molar-refractivity contribution in [2.75, 3.05) is 0 Å². The Balaban J connectivity index is 2.68. The minimum Gasteiger partial charge on any atom is -0.246 e. The molecule has 0 spiro atoms. The van der Waals surface area contributed by atoms with E-state index in [0.717, 1.165) is 6.42 Å². The van der Waals surface area contributed by atoms with Gasteiger partial charge in [-0.2, -0.15) is 0 Å². The predicted octanol–water partition coefficient (Wildman–Crippen LogP) is 4.50. The predicted molar refractivity (Wildman–Crippen MR) is 72.1 cm³/mol. The Morgan fingerprint density at radius 2 is 2.00 bits per heavy atom. The first kappa shape index (κ1) is 13.2. The van der Waals surface area contributed by atoms with Gasteiger partial charge in [-0.05, 0) is 25.7 Å². The minimum atomic E-state index is 0.333. The fourth-order valence-electron chi connectivity index (χ4n) is 1.86. The van der Waals surface area contributed by atoms with Crippen LogP contribution in [-0.4, -0.2) is 9.81 Å². The largest absolute Gasteiger partial charge is 0.246 e. The lowest BCUT2D eigenvalue weighted by molar-refractivity contribution is 0.334. The number of rotatable bonds is 4. The fraction of sp³-hybridized carbons (Fsp3) is 0.750. The molecule has 0 aliphatic carbocycles. The highest BCUT2D eigenvalue weighted by Gasteiger charge is 2.22. The number of halogens is 1. The Hall–Kier alpha value is 0.110. The second kappa shape index (κ2) is 4.96. The molecule has 0 amide bonds. The Kier molecular flexibility index (Phi) is 4.36. The Labute approximate surface area is 105 Å². The lowest BCUT2D eigenvalue weighted by Crippen LogP contribution is -2.18. The molecule has 3 heteroatoms. The lowest BCUT2D eigenvalue weighted by atomic mass is 9.85. The summed E-state index contributed by atoms with van der Waals surface area (Å²) >= 11 is 5.47. The molecule has 1 rings (SSSR count). The van der Waals surface area contributed by atoms with Gasteiger partial charge in [0.25, 0.3) is 0 Å². The molecule has 0 aliphatic rings. The van der Waals surface area contributed by atoms with Gasteiger partial charge in [-0.3, -0.25) is 0 Å². The van der Waals surface area contributed by atoms with Gasteiger partial charge in [-0.1, -0.05) is 36.7 Å². The number of thiazole rings is 1. The molecule has 1 atom stereocenters. The third-order valence-corrected chi connectivity index (χ3v) is 3.93. The SMILES string of the molecule is Cc1nc(CC(C)(C)CC(C)Br)sc1C. The van der Waals surface area contributed by atoms with E-state index in [1.807, 2.05) is 11.3 Å². The summed E-state index contributed by atoms with van der Waals surface area (Å²) in [7, 11) is 0. The van der Waals surface area contributed by atoms with Crippen LogP contribution in [0, 0.1) is 19.3 Å². The molecule has 1 aromatic rings. The summed E-state index contributed by atoms with van der Waals surface area (Å²) in [6.45, 7) is 11.1. The third kappa shape index (κ3) is 4.23. The van der Waals surface area contributed by atoms with E-state index < -0.39 is 0 Å². The monoisotopic (exact) mass is 289 g/mol. The molecule has 1 aromatic heterocycles. The van der Waals surface area contributed by atoms with Crippen molar-refractivity contribution >= 4 is 27.3 Å². The maximum Gasteiger partial charge on any atom is 0.0936 e. The van der Waals surface area contributed by atoms with Crippen LogP contribution in [0.2, 0.25) is 0 Å². The van der Waals surface area contributed by atoms with Crippen LogP contribution < -0.4 is 0 Å². The van der Waals surface area contributed by atoms with Gasteiger partial charge in [0.2, 0.25) is 0 Å². The molecular formula is C12H20BrNS. The maximum atomic E-state index is 4.61. The maximum absolute atomic E-state index is 4.61. The molecule has 0 saturated carbocycles. The van der Waals surface area contributed by atoms with E-state index in [1.165, 1.54) is 22.0 Å². The van der Waals surface area contributed by atoms with Crippen molar-refractivity contribution in [3.63, 3.8) is 0 Å². The smallest absolute Gasteiger partial charge is 0.0936 e. The van der Waals surface area contributed by atoms with Gasteiger partial charge < -0.3 is 0 Å². The average molecular weight is 290 g/mol. The van der Waals surface area contributed by atoms with E-state index in [9.17, 15) is 0 Å². The standard InChI is InChI=1S/C12H20BrNS/c1-8(13)6-12(4,5)7-11-14-9(2)10(3)15-11/h8H,6-7H2,1-5H3.